The van der Waals surface area contributed by atoms with Gasteiger partial charge in [-0.25, -0.2) is 0 Å². The van der Waals surface area contributed by atoms with E-state index in [1.54, 1.807) is 0 Å². The molecule has 0 nitrogen and oxygen atoms in total. The number of hydrogen-bond acceptors (Lipinski definition) is 0. The summed E-state index contributed by atoms with van der Waals surface area (Å²) in [5.41, 5.74) is 1.07. The summed E-state index contributed by atoms with van der Waals surface area (Å²) in [7, 11) is 0. The zero-order chi connectivity index (χ0) is 13.4. The van der Waals surface area contributed by atoms with Gasteiger partial charge in [-0.15, -0.1) is 11.6 Å². The summed E-state index contributed by atoms with van der Waals surface area (Å²) in [6, 6.07) is 5.72. The average Bonchev–Trinajstić information content (AvgIpc) is 2.22. The summed E-state index contributed by atoms with van der Waals surface area (Å²) in [5, 5.41) is 1.44. The standard InChI is InChI=1S/C16H19Cl3/c17-12-7-8-13(14(18)9-12)16(19)15(10-3-1-4-10)11-5-2-6-11/h7-11,15-16H,1-6H2. The lowest BCUT2D eigenvalue weighted by Crippen LogP contribution is -2.35. The highest BCUT2D eigenvalue weighted by Crippen LogP contribution is 2.52. The van der Waals surface area contributed by atoms with Gasteiger partial charge in [0.2, 0.25) is 0 Å². The fourth-order valence-electron chi connectivity index (χ4n) is 3.44. The molecule has 104 valence electrons. The summed E-state index contributed by atoms with van der Waals surface area (Å²) in [5.74, 6) is 2.21. The zero-order valence-corrected chi connectivity index (χ0v) is 13.2. The van der Waals surface area contributed by atoms with Crippen molar-refractivity contribution in [3.05, 3.63) is 33.8 Å². The zero-order valence-electron chi connectivity index (χ0n) is 10.9. The fourth-order valence-corrected chi connectivity index (χ4v) is 4.63. The third-order valence-corrected chi connectivity index (χ3v) is 6.07. The highest BCUT2D eigenvalue weighted by Gasteiger charge is 2.41. The molecular weight excluding hydrogens is 299 g/mol. The van der Waals surface area contributed by atoms with Crippen LogP contribution in [0, 0.1) is 17.8 Å². The van der Waals surface area contributed by atoms with Crippen LogP contribution in [0.2, 0.25) is 10.0 Å². The Labute approximate surface area is 130 Å². The summed E-state index contributed by atoms with van der Waals surface area (Å²) in [6.45, 7) is 0. The second-order valence-electron chi connectivity index (χ2n) is 6.03. The molecule has 19 heavy (non-hydrogen) atoms. The predicted molar refractivity (Wildman–Crippen MR) is 83.2 cm³/mol. The minimum Gasteiger partial charge on any atom is -0.117 e. The number of rotatable bonds is 4. The first-order chi connectivity index (χ1) is 9.16. The number of benzene rings is 1. The number of alkyl halides is 1. The Morgan fingerprint density at radius 2 is 1.53 bits per heavy atom. The quantitative estimate of drug-likeness (QED) is 0.557. The van der Waals surface area contributed by atoms with Gasteiger partial charge in [0, 0.05) is 10.0 Å². The Balaban J connectivity index is 1.84. The van der Waals surface area contributed by atoms with Gasteiger partial charge in [0.25, 0.3) is 0 Å². The van der Waals surface area contributed by atoms with Gasteiger partial charge in [-0.3, -0.25) is 0 Å². The van der Waals surface area contributed by atoms with Crippen LogP contribution in [0.25, 0.3) is 0 Å². The molecule has 1 unspecified atom stereocenters. The van der Waals surface area contributed by atoms with Crippen molar-refractivity contribution in [1.82, 2.24) is 0 Å². The fraction of sp³-hybridized carbons (Fsp3) is 0.625. The molecule has 0 N–H and O–H groups in total. The van der Waals surface area contributed by atoms with E-state index in [4.69, 9.17) is 34.8 Å². The van der Waals surface area contributed by atoms with Crippen LogP contribution in [-0.2, 0) is 0 Å². The highest BCUT2D eigenvalue weighted by atomic mass is 35.5. The molecule has 2 aliphatic rings. The largest absolute Gasteiger partial charge is 0.117 e. The molecule has 1 atom stereocenters. The molecule has 2 saturated carbocycles. The molecule has 3 heteroatoms. The normalized spacial score (nSPS) is 22.1. The van der Waals surface area contributed by atoms with Gasteiger partial charge >= 0.3 is 0 Å². The van der Waals surface area contributed by atoms with E-state index in [0.717, 1.165) is 22.4 Å². The van der Waals surface area contributed by atoms with E-state index >= 15 is 0 Å². The molecule has 3 rings (SSSR count). The molecule has 0 saturated heterocycles. The Morgan fingerprint density at radius 3 is 1.95 bits per heavy atom. The van der Waals surface area contributed by atoms with Crippen molar-refractivity contribution in [2.24, 2.45) is 17.8 Å². The summed E-state index contributed by atoms with van der Waals surface area (Å²) < 4.78 is 0. The maximum absolute atomic E-state index is 6.82. The van der Waals surface area contributed by atoms with Gasteiger partial charge < -0.3 is 0 Å². The predicted octanol–water partition coefficient (Wildman–Crippen LogP) is 6.49. The first-order valence-electron chi connectivity index (χ1n) is 7.26. The molecule has 0 radical (unpaired) electrons. The van der Waals surface area contributed by atoms with E-state index in [1.165, 1.54) is 38.5 Å². The third-order valence-electron chi connectivity index (χ3n) is 4.99. The van der Waals surface area contributed by atoms with Crippen LogP contribution in [0.15, 0.2) is 18.2 Å². The molecule has 0 heterocycles. The van der Waals surface area contributed by atoms with Gasteiger partial charge in [-0.2, -0.15) is 0 Å². The lowest BCUT2D eigenvalue weighted by Gasteiger charge is -2.45. The number of halogens is 3. The second kappa shape index (κ2) is 5.84. The first kappa shape index (κ1) is 14.0. The van der Waals surface area contributed by atoms with Crippen molar-refractivity contribution in [2.75, 3.05) is 0 Å². The minimum absolute atomic E-state index is 0.0420. The van der Waals surface area contributed by atoms with Crippen molar-refractivity contribution in [1.29, 1.82) is 0 Å². The van der Waals surface area contributed by atoms with Gasteiger partial charge in [-0.1, -0.05) is 67.8 Å². The van der Waals surface area contributed by atoms with E-state index in [9.17, 15) is 0 Å². The Kier molecular flexibility index (Phi) is 4.31. The molecule has 2 aliphatic carbocycles. The molecule has 0 bridgehead atoms. The van der Waals surface area contributed by atoms with Crippen LogP contribution < -0.4 is 0 Å². The highest BCUT2D eigenvalue weighted by molar-refractivity contribution is 6.35. The Morgan fingerprint density at radius 1 is 0.947 bits per heavy atom. The van der Waals surface area contributed by atoms with E-state index in [1.807, 2.05) is 18.2 Å². The maximum Gasteiger partial charge on any atom is 0.0633 e. The second-order valence-corrected chi connectivity index (χ2v) is 7.34. The Hall–Kier alpha value is 0.0900. The molecule has 0 spiro atoms. The molecule has 2 fully saturated rings. The van der Waals surface area contributed by atoms with Crippen LogP contribution >= 0.6 is 34.8 Å². The van der Waals surface area contributed by atoms with Crippen LogP contribution in [0.1, 0.15) is 49.5 Å². The summed E-state index contributed by atoms with van der Waals surface area (Å²) in [6.07, 6.45) is 8.11. The third kappa shape index (κ3) is 2.77. The van der Waals surface area contributed by atoms with Crippen LogP contribution in [0.3, 0.4) is 0 Å². The van der Waals surface area contributed by atoms with Crippen molar-refractivity contribution in [3.63, 3.8) is 0 Å². The smallest absolute Gasteiger partial charge is 0.0633 e. The Bertz CT molecular complexity index is 435. The van der Waals surface area contributed by atoms with E-state index in [2.05, 4.69) is 0 Å². The molecule has 0 aliphatic heterocycles. The van der Waals surface area contributed by atoms with Gasteiger partial charge in [0.05, 0.1) is 5.38 Å². The maximum atomic E-state index is 6.82. The lowest BCUT2D eigenvalue weighted by molar-refractivity contribution is 0.0889. The monoisotopic (exact) mass is 316 g/mol. The molecule has 1 aromatic carbocycles. The topological polar surface area (TPSA) is 0 Å². The van der Waals surface area contributed by atoms with Crippen molar-refractivity contribution in [2.45, 2.75) is 43.9 Å². The van der Waals surface area contributed by atoms with E-state index in [-0.39, 0.29) is 5.38 Å². The molecule has 1 aromatic rings. The van der Waals surface area contributed by atoms with E-state index < -0.39 is 0 Å². The van der Waals surface area contributed by atoms with Crippen LogP contribution in [0.4, 0.5) is 0 Å². The van der Waals surface area contributed by atoms with Gasteiger partial charge in [0.15, 0.2) is 0 Å². The average molecular weight is 318 g/mol. The summed E-state index contributed by atoms with van der Waals surface area (Å²) >= 11 is 19.1. The summed E-state index contributed by atoms with van der Waals surface area (Å²) in [4.78, 5) is 0. The van der Waals surface area contributed by atoms with Crippen molar-refractivity contribution in [3.8, 4) is 0 Å². The first-order valence-corrected chi connectivity index (χ1v) is 8.45. The van der Waals surface area contributed by atoms with Crippen molar-refractivity contribution < 1.29 is 0 Å². The molecular formula is C16H19Cl3. The SMILES string of the molecule is Clc1ccc(C(Cl)C(C2CCC2)C2CCC2)c(Cl)c1. The molecule has 0 amide bonds. The minimum atomic E-state index is 0.0420. The van der Waals surface area contributed by atoms with E-state index in [0.29, 0.717) is 10.9 Å². The molecule has 0 aromatic heterocycles. The van der Waals surface area contributed by atoms with Gasteiger partial charge in [0.1, 0.15) is 0 Å². The van der Waals surface area contributed by atoms with Crippen molar-refractivity contribution >= 4 is 34.8 Å². The number of hydrogen-bond donors (Lipinski definition) is 0. The van der Waals surface area contributed by atoms with Gasteiger partial charge in [-0.05, 0) is 35.4 Å². The van der Waals surface area contributed by atoms with Crippen LogP contribution in [-0.4, -0.2) is 0 Å². The van der Waals surface area contributed by atoms with Crippen LogP contribution in [0.5, 0.6) is 0 Å². The lowest BCUT2D eigenvalue weighted by atomic mass is 9.62.